The molecule has 0 unspecified atom stereocenters. The van der Waals surface area contributed by atoms with Gasteiger partial charge in [-0.3, -0.25) is 0 Å². The van der Waals surface area contributed by atoms with Gasteiger partial charge in [-0.25, -0.2) is 0 Å². The van der Waals surface area contributed by atoms with Crippen LogP contribution >= 0.6 is 0 Å². The third-order valence-electron chi connectivity index (χ3n) is 3.30. The van der Waals surface area contributed by atoms with Gasteiger partial charge in [-0.2, -0.15) is 0 Å². The van der Waals surface area contributed by atoms with E-state index < -0.39 is 0 Å². The summed E-state index contributed by atoms with van der Waals surface area (Å²) in [4.78, 5) is 0. The average Bonchev–Trinajstić information content (AvgIpc) is 2.12. The highest BCUT2D eigenvalue weighted by atomic mass is 14.2. The van der Waals surface area contributed by atoms with Crippen molar-refractivity contribution in [1.82, 2.24) is 0 Å². The van der Waals surface area contributed by atoms with E-state index in [1.54, 1.807) is 0 Å². The number of hydrogen-bond donors (Lipinski definition) is 0. The van der Waals surface area contributed by atoms with Crippen LogP contribution in [0, 0.1) is 10.8 Å². The standard InChI is InChI=1S/2C10H20/c2*1-8(2)9(3)7-10(4,5)6/h2*7H2,1-6H3. The molecular weight excluding hydrogens is 240 g/mol. The summed E-state index contributed by atoms with van der Waals surface area (Å²) in [6.45, 7) is 26.8. The Kier molecular flexibility index (Phi) is 9.47. The van der Waals surface area contributed by atoms with Gasteiger partial charge in [0, 0.05) is 0 Å². The van der Waals surface area contributed by atoms with Gasteiger partial charge in [0.2, 0.25) is 0 Å². The summed E-state index contributed by atoms with van der Waals surface area (Å²) in [5, 5.41) is 0. The lowest BCUT2D eigenvalue weighted by atomic mass is 9.87. The Bertz CT molecular complexity index is 293. The molecule has 0 amide bonds. The van der Waals surface area contributed by atoms with Crippen molar-refractivity contribution in [2.75, 3.05) is 0 Å². The van der Waals surface area contributed by atoms with E-state index in [-0.39, 0.29) is 0 Å². The van der Waals surface area contributed by atoms with Gasteiger partial charge in [0.1, 0.15) is 0 Å². The molecule has 0 spiro atoms. The van der Waals surface area contributed by atoms with Crippen molar-refractivity contribution in [3.05, 3.63) is 22.3 Å². The molecule has 0 heterocycles. The van der Waals surface area contributed by atoms with E-state index in [4.69, 9.17) is 0 Å². The molecule has 0 radical (unpaired) electrons. The maximum atomic E-state index is 2.28. The van der Waals surface area contributed by atoms with Crippen molar-refractivity contribution >= 4 is 0 Å². The zero-order valence-corrected chi connectivity index (χ0v) is 16.4. The molecule has 20 heavy (non-hydrogen) atoms. The first-order chi connectivity index (χ1) is 8.65. The van der Waals surface area contributed by atoms with Crippen molar-refractivity contribution in [3.63, 3.8) is 0 Å². The monoisotopic (exact) mass is 280 g/mol. The lowest BCUT2D eigenvalue weighted by Gasteiger charge is -2.19. The summed E-state index contributed by atoms with van der Waals surface area (Å²) in [7, 11) is 0. The van der Waals surface area contributed by atoms with Crippen LogP contribution in [0.5, 0.6) is 0 Å². The van der Waals surface area contributed by atoms with Gasteiger partial charge >= 0.3 is 0 Å². The van der Waals surface area contributed by atoms with E-state index in [1.807, 2.05) is 0 Å². The van der Waals surface area contributed by atoms with Crippen molar-refractivity contribution in [2.45, 2.75) is 95.9 Å². The van der Waals surface area contributed by atoms with Crippen LogP contribution in [0.25, 0.3) is 0 Å². The molecule has 120 valence electrons. The molecule has 0 saturated heterocycles. The number of allylic oxidation sites excluding steroid dienone is 4. The molecule has 0 aliphatic rings. The third kappa shape index (κ3) is 15.5. The summed E-state index contributed by atoms with van der Waals surface area (Å²) in [5.41, 5.74) is 6.90. The maximum absolute atomic E-state index is 2.28. The lowest BCUT2D eigenvalue weighted by molar-refractivity contribution is 0.408. The summed E-state index contributed by atoms with van der Waals surface area (Å²) in [6.07, 6.45) is 2.44. The van der Waals surface area contributed by atoms with Crippen LogP contribution in [-0.4, -0.2) is 0 Å². The molecule has 0 aliphatic heterocycles. The highest BCUT2D eigenvalue weighted by molar-refractivity contribution is 5.08. The van der Waals surface area contributed by atoms with Gasteiger partial charge in [-0.05, 0) is 65.2 Å². The molecule has 0 saturated carbocycles. The lowest BCUT2D eigenvalue weighted by Crippen LogP contribution is -2.05. The topological polar surface area (TPSA) is 0 Å². The molecule has 0 N–H and O–H groups in total. The molecule has 0 aliphatic carbocycles. The fraction of sp³-hybridized carbons (Fsp3) is 0.800. The Balaban J connectivity index is 0. The first kappa shape index (κ1) is 21.8. The number of hydrogen-bond acceptors (Lipinski definition) is 0. The molecule has 0 nitrogen and oxygen atoms in total. The van der Waals surface area contributed by atoms with Crippen LogP contribution in [0.4, 0.5) is 0 Å². The van der Waals surface area contributed by atoms with Crippen LogP contribution in [0.2, 0.25) is 0 Å². The molecule has 0 fully saturated rings. The first-order valence-corrected chi connectivity index (χ1v) is 7.91. The highest BCUT2D eigenvalue weighted by Gasteiger charge is 2.11. The van der Waals surface area contributed by atoms with Crippen LogP contribution in [0.1, 0.15) is 95.9 Å². The van der Waals surface area contributed by atoms with Gasteiger partial charge < -0.3 is 0 Å². The predicted molar refractivity (Wildman–Crippen MR) is 96.2 cm³/mol. The van der Waals surface area contributed by atoms with Gasteiger partial charge in [-0.1, -0.05) is 63.8 Å². The largest absolute Gasteiger partial charge is 0.0775 e. The van der Waals surface area contributed by atoms with Crippen molar-refractivity contribution in [2.24, 2.45) is 10.8 Å². The van der Waals surface area contributed by atoms with Gasteiger partial charge in [0.15, 0.2) is 0 Å². The predicted octanol–water partition coefficient (Wildman–Crippen LogP) is 7.56. The fourth-order valence-corrected chi connectivity index (χ4v) is 1.94. The van der Waals surface area contributed by atoms with E-state index in [0.717, 1.165) is 0 Å². The van der Waals surface area contributed by atoms with E-state index in [9.17, 15) is 0 Å². The van der Waals surface area contributed by atoms with Gasteiger partial charge in [0.25, 0.3) is 0 Å². The maximum Gasteiger partial charge on any atom is -0.0272 e. The molecule has 0 aromatic rings. The Morgan fingerprint density at radius 1 is 0.500 bits per heavy atom. The quantitative estimate of drug-likeness (QED) is 0.458. The van der Waals surface area contributed by atoms with E-state index in [1.165, 1.54) is 35.1 Å². The molecule has 0 aromatic heterocycles. The Morgan fingerprint density at radius 3 is 0.750 bits per heavy atom. The molecule has 0 heteroatoms. The van der Waals surface area contributed by atoms with Crippen LogP contribution in [-0.2, 0) is 0 Å². The summed E-state index contributed by atoms with van der Waals surface area (Å²) in [5.74, 6) is 0. The Labute approximate surface area is 129 Å². The fourth-order valence-electron chi connectivity index (χ4n) is 1.94. The minimum absolute atomic E-state index is 0.446. The van der Waals surface area contributed by atoms with Gasteiger partial charge in [0.05, 0.1) is 0 Å². The smallest absolute Gasteiger partial charge is 0.0272 e. The Morgan fingerprint density at radius 2 is 0.700 bits per heavy atom. The van der Waals surface area contributed by atoms with Crippen molar-refractivity contribution in [3.8, 4) is 0 Å². The summed E-state index contributed by atoms with van der Waals surface area (Å²) in [6, 6.07) is 0. The summed E-state index contributed by atoms with van der Waals surface area (Å²) >= 11 is 0. The molecule has 0 rings (SSSR count). The summed E-state index contributed by atoms with van der Waals surface area (Å²) < 4.78 is 0. The Hall–Kier alpha value is -0.520. The van der Waals surface area contributed by atoms with Crippen molar-refractivity contribution < 1.29 is 0 Å². The first-order valence-electron chi connectivity index (χ1n) is 7.91. The van der Waals surface area contributed by atoms with E-state index in [0.29, 0.717) is 10.8 Å². The normalized spacial score (nSPS) is 11.4. The van der Waals surface area contributed by atoms with Gasteiger partial charge in [-0.15, -0.1) is 0 Å². The van der Waals surface area contributed by atoms with E-state index in [2.05, 4.69) is 83.1 Å². The zero-order valence-electron chi connectivity index (χ0n) is 16.4. The molecule has 0 bridgehead atoms. The van der Waals surface area contributed by atoms with Crippen molar-refractivity contribution in [1.29, 1.82) is 0 Å². The number of rotatable bonds is 2. The molecule has 0 atom stereocenters. The van der Waals surface area contributed by atoms with Crippen LogP contribution in [0.15, 0.2) is 22.3 Å². The SMILES string of the molecule is CC(C)=C(C)CC(C)(C)C.CC(C)=C(C)CC(C)(C)C. The van der Waals surface area contributed by atoms with E-state index >= 15 is 0 Å². The molecule has 0 aromatic carbocycles. The second kappa shape index (κ2) is 8.70. The second-order valence-corrected chi connectivity index (χ2v) is 9.04. The third-order valence-corrected chi connectivity index (χ3v) is 3.30. The second-order valence-electron chi connectivity index (χ2n) is 9.04. The molecular formula is C20H40. The average molecular weight is 281 g/mol. The van der Waals surface area contributed by atoms with Crippen LogP contribution in [0.3, 0.4) is 0 Å². The zero-order chi connectivity index (χ0) is 16.7. The van der Waals surface area contributed by atoms with Crippen LogP contribution < -0.4 is 0 Å². The highest BCUT2D eigenvalue weighted by Crippen LogP contribution is 2.25. The minimum Gasteiger partial charge on any atom is -0.0775 e. The minimum atomic E-state index is 0.446.